The molecule has 25 heavy (non-hydrogen) atoms. The highest BCUT2D eigenvalue weighted by molar-refractivity contribution is 6.01. The van der Waals surface area contributed by atoms with E-state index in [0.29, 0.717) is 18.7 Å². The zero-order chi connectivity index (χ0) is 18.0. The van der Waals surface area contributed by atoms with Crippen LogP contribution in [0.5, 0.6) is 0 Å². The first-order chi connectivity index (χ1) is 12.0. The Labute approximate surface area is 146 Å². The number of urea groups is 1. The van der Waals surface area contributed by atoms with Gasteiger partial charge in [-0.3, -0.25) is 4.79 Å². The van der Waals surface area contributed by atoms with Crippen molar-refractivity contribution in [3.05, 3.63) is 47.3 Å². The van der Waals surface area contributed by atoms with E-state index < -0.39 is 6.04 Å². The molecule has 3 rings (SSSR count). The van der Waals surface area contributed by atoms with Gasteiger partial charge in [-0.1, -0.05) is 23.4 Å². The molecule has 2 heterocycles. The molecule has 2 atom stereocenters. The zero-order valence-electron chi connectivity index (χ0n) is 14.6. The monoisotopic (exact) mass is 342 g/mol. The predicted octanol–water partition coefficient (Wildman–Crippen LogP) is 2.28. The van der Waals surface area contributed by atoms with Gasteiger partial charge in [0.1, 0.15) is 11.8 Å². The molecule has 1 fully saturated rings. The van der Waals surface area contributed by atoms with E-state index in [1.54, 1.807) is 11.8 Å². The Morgan fingerprint density at radius 1 is 1.32 bits per heavy atom. The average Bonchev–Trinajstić information content (AvgIpc) is 3.05. The molecule has 1 aliphatic rings. The van der Waals surface area contributed by atoms with Gasteiger partial charge in [0.25, 0.3) is 0 Å². The Morgan fingerprint density at radius 2 is 2.04 bits per heavy atom. The fourth-order valence-electron chi connectivity index (χ4n) is 3.16. The van der Waals surface area contributed by atoms with E-state index in [1.807, 2.05) is 44.2 Å². The van der Waals surface area contributed by atoms with Gasteiger partial charge in [-0.15, -0.1) is 0 Å². The summed E-state index contributed by atoms with van der Waals surface area (Å²) in [7, 11) is 0. The maximum Gasteiger partial charge on any atom is 0.315 e. The number of rotatable bonds is 4. The van der Waals surface area contributed by atoms with Crippen LogP contribution in [0.2, 0.25) is 0 Å². The van der Waals surface area contributed by atoms with Crippen LogP contribution in [0.15, 0.2) is 34.9 Å². The molecular weight excluding hydrogens is 320 g/mol. The van der Waals surface area contributed by atoms with Crippen molar-refractivity contribution < 1.29 is 14.1 Å². The number of anilines is 1. The second kappa shape index (κ2) is 6.96. The molecule has 0 saturated carbocycles. The molecule has 1 aromatic heterocycles. The van der Waals surface area contributed by atoms with Crippen LogP contribution in [0, 0.1) is 13.8 Å². The lowest BCUT2D eigenvalue weighted by Gasteiger charge is -2.21. The molecule has 2 N–H and O–H groups in total. The molecule has 1 saturated heterocycles. The molecule has 1 aromatic carbocycles. The molecule has 0 unspecified atom stereocenters. The molecule has 0 bridgehead atoms. The number of para-hydroxylation sites is 1. The van der Waals surface area contributed by atoms with Crippen LogP contribution in [0.3, 0.4) is 0 Å². The maximum atomic E-state index is 12.7. The second-order valence-electron chi connectivity index (χ2n) is 6.31. The van der Waals surface area contributed by atoms with Gasteiger partial charge in [-0.2, -0.15) is 0 Å². The minimum absolute atomic E-state index is 0.0303. The number of carbonyl (C=O) groups excluding carboxylic acids is 2. The molecule has 7 nitrogen and oxygen atoms in total. The van der Waals surface area contributed by atoms with Gasteiger partial charge in [0.05, 0.1) is 5.69 Å². The molecule has 132 valence electrons. The summed E-state index contributed by atoms with van der Waals surface area (Å²) in [6, 6.07) is 8.62. The van der Waals surface area contributed by atoms with Gasteiger partial charge in [0.15, 0.2) is 0 Å². The van der Waals surface area contributed by atoms with Crippen LogP contribution in [-0.2, 0) is 11.3 Å². The lowest BCUT2D eigenvalue weighted by Crippen LogP contribution is -2.46. The summed E-state index contributed by atoms with van der Waals surface area (Å²) in [5.41, 5.74) is 2.45. The lowest BCUT2D eigenvalue weighted by atomic mass is 10.2. The first-order valence-electron chi connectivity index (χ1n) is 8.31. The molecule has 3 amide bonds. The highest BCUT2D eigenvalue weighted by atomic mass is 16.5. The van der Waals surface area contributed by atoms with E-state index in [4.69, 9.17) is 4.52 Å². The molecule has 7 heteroatoms. The van der Waals surface area contributed by atoms with Crippen LogP contribution in [-0.4, -0.2) is 29.2 Å². The maximum absolute atomic E-state index is 12.7. The van der Waals surface area contributed by atoms with Gasteiger partial charge in [-0.05, 0) is 39.3 Å². The normalized spacial score (nSPS) is 20.0. The van der Waals surface area contributed by atoms with Gasteiger partial charge in [0.2, 0.25) is 5.91 Å². The lowest BCUT2D eigenvalue weighted by molar-refractivity contribution is -0.118. The highest BCUT2D eigenvalue weighted by Crippen LogP contribution is 2.26. The first kappa shape index (κ1) is 17.0. The SMILES string of the molecule is Cc1noc(C)c1CNC(=O)N[C@H]1C[C@@H](C)N(c2ccccc2)C1=O. The van der Waals surface area contributed by atoms with Gasteiger partial charge in [-0.25, -0.2) is 4.79 Å². The first-order valence-corrected chi connectivity index (χ1v) is 8.31. The molecule has 0 radical (unpaired) electrons. The third-order valence-corrected chi connectivity index (χ3v) is 4.50. The number of aromatic nitrogens is 1. The van der Waals surface area contributed by atoms with Crippen LogP contribution >= 0.6 is 0 Å². The Bertz CT molecular complexity index is 752. The van der Waals surface area contributed by atoms with E-state index in [1.165, 1.54) is 0 Å². The Morgan fingerprint density at radius 3 is 2.68 bits per heavy atom. The van der Waals surface area contributed by atoms with Crippen LogP contribution < -0.4 is 15.5 Å². The Hall–Kier alpha value is -2.83. The van der Waals surface area contributed by atoms with Gasteiger partial charge >= 0.3 is 6.03 Å². The van der Waals surface area contributed by atoms with Crippen molar-refractivity contribution in [1.82, 2.24) is 15.8 Å². The predicted molar refractivity (Wildman–Crippen MR) is 93.1 cm³/mol. The Balaban J connectivity index is 1.60. The fraction of sp³-hybridized carbons (Fsp3) is 0.389. The summed E-state index contributed by atoms with van der Waals surface area (Å²) in [6.45, 7) is 5.92. The van der Waals surface area contributed by atoms with Crippen LogP contribution in [0.4, 0.5) is 10.5 Å². The number of amides is 3. The number of hydrogen-bond acceptors (Lipinski definition) is 4. The third kappa shape index (κ3) is 3.50. The van der Waals surface area contributed by atoms with E-state index >= 15 is 0 Å². The summed E-state index contributed by atoms with van der Waals surface area (Å²) in [4.78, 5) is 26.6. The molecule has 0 spiro atoms. The number of hydrogen-bond donors (Lipinski definition) is 2. The smallest absolute Gasteiger partial charge is 0.315 e. The van der Waals surface area contributed by atoms with Crippen molar-refractivity contribution in [1.29, 1.82) is 0 Å². The van der Waals surface area contributed by atoms with Crippen molar-refractivity contribution in [3.63, 3.8) is 0 Å². The summed E-state index contributed by atoms with van der Waals surface area (Å²) >= 11 is 0. The standard InChI is InChI=1S/C18H22N4O3/c1-11-9-16(17(23)22(11)14-7-5-4-6-8-14)20-18(24)19-10-15-12(2)21-25-13(15)3/h4-8,11,16H,9-10H2,1-3H3,(H2,19,20,24)/t11-,16+/m1/s1. The van der Waals surface area contributed by atoms with Crippen molar-refractivity contribution in [2.24, 2.45) is 0 Å². The fourth-order valence-corrected chi connectivity index (χ4v) is 3.16. The van der Waals surface area contributed by atoms with Crippen molar-refractivity contribution in [2.45, 2.75) is 45.8 Å². The zero-order valence-corrected chi connectivity index (χ0v) is 14.6. The minimum Gasteiger partial charge on any atom is -0.361 e. The summed E-state index contributed by atoms with van der Waals surface area (Å²) in [5, 5.41) is 9.39. The highest BCUT2D eigenvalue weighted by Gasteiger charge is 2.38. The van der Waals surface area contributed by atoms with Crippen molar-refractivity contribution in [2.75, 3.05) is 4.90 Å². The topological polar surface area (TPSA) is 87.5 Å². The minimum atomic E-state index is -0.528. The van der Waals surface area contributed by atoms with E-state index in [2.05, 4.69) is 15.8 Å². The summed E-state index contributed by atoms with van der Waals surface area (Å²) < 4.78 is 5.07. The third-order valence-electron chi connectivity index (χ3n) is 4.50. The molecular formula is C18H22N4O3. The average molecular weight is 342 g/mol. The molecule has 1 aliphatic heterocycles. The van der Waals surface area contributed by atoms with E-state index in [0.717, 1.165) is 16.9 Å². The van der Waals surface area contributed by atoms with Crippen molar-refractivity contribution in [3.8, 4) is 0 Å². The van der Waals surface area contributed by atoms with Crippen molar-refractivity contribution >= 4 is 17.6 Å². The number of aryl methyl sites for hydroxylation is 2. The van der Waals surface area contributed by atoms with E-state index in [-0.39, 0.29) is 18.0 Å². The number of nitrogens with one attached hydrogen (secondary N) is 2. The molecule has 2 aromatic rings. The van der Waals surface area contributed by atoms with Gasteiger partial charge in [0, 0.05) is 23.8 Å². The number of nitrogens with zero attached hydrogens (tertiary/aromatic N) is 2. The van der Waals surface area contributed by atoms with E-state index in [9.17, 15) is 9.59 Å². The van der Waals surface area contributed by atoms with Gasteiger partial charge < -0.3 is 20.1 Å². The number of carbonyl (C=O) groups is 2. The largest absolute Gasteiger partial charge is 0.361 e. The van der Waals surface area contributed by atoms with Crippen LogP contribution in [0.1, 0.15) is 30.4 Å². The Kier molecular flexibility index (Phi) is 4.74. The van der Waals surface area contributed by atoms with Crippen LogP contribution in [0.25, 0.3) is 0 Å². The summed E-state index contributed by atoms with van der Waals surface area (Å²) in [5.74, 6) is 0.588. The number of benzene rings is 1. The second-order valence-corrected chi connectivity index (χ2v) is 6.31. The quantitative estimate of drug-likeness (QED) is 0.892. The summed E-state index contributed by atoms with van der Waals surface area (Å²) in [6.07, 6.45) is 0.576. The molecule has 0 aliphatic carbocycles.